The van der Waals surface area contributed by atoms with Gasteiger partial charge >= 0.3 is 11.9 Å². The van der Waals surface area contributed by atoms with E-state index in [0.717, 1.165) is 31.1 Å². The van der Waals surface area contributed by atoms with Gasteiger partial charge in [-0.2, -0.15) is 0 Å². The summed E-state index contributed by atoms with van der Waals surface area (Å²) in [5.74, 6) is -0.263. The Kier molecular flexibility index (Phi) is 8.80. The maximum atomic E-state index is 15.2. The minimum absolute atomic E-state index is 0. The van der Waals surface area contributed by atoms with Crippen molar-refractivity contribution >= 4 is 42.2 Å². The van der Waals surface area contributed by atoms with Crippen molar-refractivity contribution in [2.75, 3.05) is 26.2 Å². The SMILES string of the molecule is C=C(Cl)CN1C[C@H](OC[C@@]23C[C@@H]4[C@H](C)CC[C@H]4[C@@]4(C=O)C[C@H]2C=C(C(C)C)[C@@]34C(=O)OC2OC(=O)c3ccccc32)O[C@H](C)C1.Cl. The second kappa shape index (κ2) is 12.0. The third kappa shape index (κ3) is 4.61. The first-order chi connectivity index (χ1) is 21.5. The first kappa shape index (κ1) is 33.7. The zero-order chi connectivity index (χ0) is 31.9. The van der Waals surface area contributed by atoms with Crippen molar-refractivity contribution in [1.29, 1.82) is 0 Å². The average molecular weight is 675 g/mol. The Bertz CT molecular complexity index is 1460. The number of nitrogens with zero attached hydrogens (tertiary/aromatic N) is 1. The molecule has 10 atom stereocenters. The van der Waals surface area contributed by atoms with Gasteiger partial charge in [-0.15, -0.1) is 12.4 Å². The first-order valence-corrected chi connectivity index (χ1v) is 16.9. The number of hydrogen-bond donors (Lipinski definition) is 0. The predicted octanol–water partition coefficient (Wildman–Crippen LogP) is 6.48. The summed E-state index contributed by atoms with van der Waals surface area (Å²) >= 11 is 6.17. The molecular formula is C36H45Cl2NO7. The van der Waals surface area contributed by atoms with Crippen molar-refractivity contribution < 1.29 is 33.3 Å². The molecule has 250 valence electrons. The predicted molar refractivity (Wildman–Crippen MR) is 174 cm³/mol. The van der Waals surface area contributed by atoms with Crippen LogP contribution in [-0.2, 0) is 28.5 Å². The molecule has 1 unspecified atom stereocenters. The largest absolute Gasteiger partial charge is 0.420 e. The summed E-state index contributed by atoms with van der Waals surface area (Å²) in [4.78, 5) is 43.9. The van der Waals surface area contributed by atoms with Crippen LogP contribution < -0.4 is 0 Å². The molecule has 4 fully saturated rings. The maximum Gasteiger partial charge on any atom is 0.342 e. The van der Waals surface area contributed by atoms with Gasteiger partial charge in [0.1, 0.15) is 11.7 Å². The number of morpholine rings is 1. The molecule has 3 saturated carbocycles. The molecule has 2 aliphatic heterocycles. The van der Waals surface area contributed by atoms with E-state index < -0.39 is 40.8 Å². The first-order valence-electron chi connectivity index (χ1n) is 16.5. The van der Waals surface area contributed by atoms with E-state index in [1.807, 2.05) is 6.92 Å². The van der Waals surface area contributed by atoms with Gasteiger partial charge in [0.2, 0.25) is 0 Å². The van der Waals surface area contributed by atoms with Gasteiger partial charge < -0.3 is 23.7 Å². The van der Waals surface area contributed by atoms with Crippen LogP contribution in [0.15, 0.2) is 47.5 Å². The monoisotopic (exact) mass is 673 g/mol. The smallest absolute Gasteiger partial charge is 0.342 e. The second-order valence-corrected chi connectivity index (χ2v) is 15.3. The minimum Gasteiger partial charge on any atom is -0.420 e. The van der Waals surface area contributed by atoms with Gasteiger partial charge in [-0.05, 0) is 61.8 Å². The summed E-state index contributed by atoms with van der Waals surface area (Å²) in [5.41, 5.74) is -1.02. The number of allylic oxidation sites excluding steroid dienone is 1. The van der Waals surface area contributed by atoms with Crippen molar-refractivity contribution in [3.63, 3.8) is 0 Å². The van der Waals surface area contributed by atoms with Gasteiger partial charge in [0.25, 0.3) is 6.29 Å². The van der Waals surface area contributed by atoms with Gasteiger partial charge in [-0.3, -0.25) is 9.69 Å². The molecule has 0 radical (unpaired) electrons. The van der Waals surface area contributed by atoms with Crippen LogP contribution in [0, 0.1) is 45.8 Å². The Balaban J connectivity index is 0.00000372. The van der Waals surface area contributed by atoms with E-state index in [9.17, 15) is 9.59 Å². The Hall–Kier alpha value is -2.23. The fourth-order valence-electron chi connectivity index (χ4n) is 10.7. The number of hydrogen-bond acceptors (Lipinski definition) is 8. The Morgan fingerprint density at radius 1 is 1.20 bits per heavy atom. The van der Waals surface area contributed by atoms with E-state index in [0.29, 0.717) is 48.1 Å². The van der Waals surface area contributed by atoms with Gasteiger partial charge in [0.15, 0.2) is 6.29 Å². The molecule has 2 heterocycles. The summed E-state index contributed by atoms with van der Waals surface area (Å²) in [5, 5.41) is 0.557. The fraction of sp³-hybridized carbons (Fsp3) is 0.639. The van der Waals surface area contributed by atoms with E-state index in [1.165, 1.54) is 0 Å². The van der Waals surface area contributed by atoms with E-state index in [2.05, 4.69) is 38.3 Å². The van der Waals surface area contributed by atoms with Crippen molar-refractivity contribution in [1.82, 2.24) is 4.90 Å². The van der Waals surface area contributed by atoms with Gasteiger partial charge in [-0.1, -0.05) is 75.2 Å². The highest BCUT2D eigenvalue weighted by Gasteiger charge is 2.85. The third-order valence-corrected chi connectivity index (χ3v) is 12.3. The van der Waals surface area contributed by atoms with Crippen LogP contribution in [0.5, 0.6) is 0 Å². The zero-order valence-electron chi connectivity index (χ0n) is 27.0. The molecule has 4 aliphatic carbocycles. The molecule has 1 saturated heterocycles. The van der Waals surface area contributed by atoms with Crippen LogP contribution in [-0.4, -0.2) is 61.8 Å². The zero-order valence-corrected chi connectivity index (χ0v) is 28.6. The lowest BCUT2D eigenvalue weighted by Gasteiger charge is -2.59. The summed E-state index contributed by atoms with van der Waals surface area (Å²) in [6, 6.07) is 7.00. The normalized spacial score (nSPS) is 40.5. The molecule has 1 aromatic rings. The third-order valence-electron chi connectivity index (χ3n) is 12.2. The molecule has 0 spiro atoms. The van der Waals surface area contributed by atoms with E-state index in [-0.39, 0.29) is 48.8 Å². The number of rotatable bonds is 9. The lowest BCUT2D eigenvalue weighted by molar-refractivity contribution is -0.240. The number of carbonyl (C=O) groups is 3. The lowest BCUT2D eigenvalue weighted by atomic mass is 9.43. The van der Waals surface area contributed by atoms with Gasteiger partial charge in [0.05, 0.1) is 23.7 Å². The molecule has 8 nitrogen and oxygen atoms in total. The number of carbonyl (C=O) groups excluding carboxylic acids is 3. The fourth-order valence-corrected chi connectivity index (χ4v) is 10.9. The number of halogens is 2. The summed E-state index contributed by atoms with van der Waals surface area (Å²) < 4.78 is 25.0. The van der Waals surface area contributed by atoms with Crippen molar-refractivity contribution in [2.24, 2.45) is 45.8 Å². The highest BCUT2D eigenvalue weighted by molar-refractivity contribution is 6.29. The van der Waals surface area contributed by atoms with Crippen LogP contribution in [0.25, 0.3) is 0 Å². The van der Waals surface area contributed by atoms with Crippen LogP contribution in [0.1, 0.15) is 75.6 Å². The van der Waals surface area contributed by atoms with E-state index in [1.54, 1.807) is 24.3 Å². The van der Waals surface area contributed by atoms with Crippen LogP contribution in [0.4, 0.5) is 0 Å². The molecule has 10 heteroatoms. The molecule has 0 aromatic heterocycles. The summed E-state index contributed by atoms with van der Waals surface area (Å²) in [6.07, 6.45) is 4.86. The van der Waals surface area contributed by atoms with E-state index >= 15 is 4.79 Å². The number of ether oxygens (including phenoxy) is 4. The number of cyclic esters (lactones) is 1. The number of esters is 2. The topological polar surface area (TPSA) is 91.4 Å². The van der Waals surface area contributed by atoms with Gasteiger partial charge in [-0.25, -0.2) is 4.79 Å². The summed E-state index contributed by atoms with van der Waals surface area (Å²) in [7, 11) is 0. The van der Waals surface area contributed by atoms with Crippen LogP contribution in [0.3, 0.4) is 0 Å². The van der Waals surface area contributed by atoms with Crippen molar-refractivity contribution in [3.05, 3.63) is 58.7 Å². The van der Waals surface area contributed by atoms with E-state index in [4.69, 9.17) is 30.5 Å². The van der Waals surface area contributed by atoms with Crippen molar-refractivity contribution in [2.45, 2.75) is 72.1 Å². The Labute approximate surface area is 282 Å². The van der Waals surface area contributed by atoms with Crippen LogP contribution >= 0.6 is 24.0 Å². The highest BCUT2D eigenvalue weighted by atomic mass is 35.5. The summed E-state index contributed by atoms with van der Waals surface area (Å²) in [6.45, 7) is 14.4. The number of fused-ring (bicyclic) bond motifs is 3. The molecular weight excluding hydrogens is 629 g/mol. The molecule has 6 aliphatic rings. The molecule has 0 amide bonds. The standard InChI is InChI=1S/C36H44ClNO7.ClH/c1-20(2)29-12-24-13-34(18-39)28-11-10-21(3)27(28)14-35(24,19-42-30-17-38(15-22(4)37)16-23(5)43-30)36(29,34)33(41)45-32-26-9-7-6-8-25(26)31(40)44-32;/h6-9,12,18,20-21,23-24,27-28,30,32H,4,10-11,13-17,19H2,1-3,5H3;1H/t21-,23-,24-,27-,28-,30-,32?,34+,35+,36+;/m1./s1. The van der Waals surface area contributed by atoms with Crippen molar-refractivity contribution in [3.8, 4) is 0 Å². The molecule has 0 N–H and O–H groups in total. The average Bonchev–Trinajstić information content (AvgIpc) is 3.66. The van der Waals surface area contributed by atoms with Crippen LogP contribution in [0.2, 0.25) is 0 Å². The molecule has 46 heavy (non-hydrogen) atoms. The van der Waals surface area contributed by atoms with Gasteiger partial charge in [0, 0.05) is 35.6 Å². The highest BCUT2D eigenvalue weighted by Crippen LogP contribution is 2.83. The quantitative estimate of drug-likeness (QED) is 0.167. The minimum atomic E-state index is -1.25. The Morgan fingerprint density at radius 3 is 2.67 bits per heavy atom. The number of benzene rings is 1. The lowest BCUT2D eigenvalue weighted by Crippen LogP contribution is -2.64. The number of aldehydes is 1. The molecule has 7 rings (SSSR count). The second-order valence-electron chi connectivity index (χ2n) is 14.8. The molecule has 4 bridgehead atoms. The Morgan fingerprint density at radius 2 is 1.96 bits per heavy atom. The maximum absolute atomic E-state index is 15.2. The molecule has 1 aromatic carbocycles.